The van der Waals surface area contributed by atoms with Gasteiger partial charge >= 0.3 is 5.97 Å². The quantitative estimate of drug-likeness (QED) is 0.755. The van der Waals surface area contributed by atoms with Crippen LogP contribution < -0.4 is 4.74 Å². The van der Waals surface area contributed by atoms with Gasteiger partial charge in [-0.05, 0) is 30.7 Å². The highest BCUT2D eigenvalue weighted by molar-refractivity contribution is 5.89. The fourth-order valence-corrected chi connectivity index (χ4v) is 1.13. The molecule has 4 nitrogen and oxygen atoms in total. The molecule has 0 radical (unpaired) electrons. The topological polar surface area (TPSA) is 66.8 Å². The molecule has 0 aromatic heterocycles. The summed E-state index contributed by atoms with van der Waals surface area (Å²) in [6, 6.07) is 4.70. The molecule has 14 heavy (non-hydrogen) atoms. The molecule has 0 saturated carbocycles. The summed E-state index contributed by atoms with van der Waals surface area (Å²) < 4.78 is 5.13. The van der Waals surface area contributed by atoms with Crippen LogP contribution in [0.2, 0.25) is 0 Å². The molecular formula is C10H12O4. The third-order valence-corrected chi connectivity index (χ3v) is 1.79. The van der Waals surface area contributed by atoms with Crippen molar-refractivity contribution in [3.8, 4) is 5.75 Å². The lowest BCUT2D eigenvalue weighted by molar-refractivity contribution is 0.0696. The fraction of sp³-hybridized carbons (Fsp3) is 0.300. The molecule has 1 aromatic carbocycles. The second-order valence-corrected chi connectivity index (χ2v) is 2.85. The molecule has 4 heteroatoms. The fourth-order valence-electron chi connectivity index (χ4n) is 1.13. The van der Waals surface area contributed by atoms with Crippen LogP contribution >= 0.6 is 0 Å². The van der Waals surface area contributed by atoms with Gasteiger partial charge in [0.1, 0.15) is 12.4 Å². The van der Waals surface area contributed by atoms with Crippen LogP contribution in [0.25, 0.3) is 0 Å². The van der Waals surface area contributed by atoms with Crippen molar-refractivity contribution < 1.29 is 19.7 Å². The molecule has 0 bridgehead atoms. The van der Waals surface area contributed by atoms with Gasteiger partial charge in [0.05, 0.1) is 12.2 Å². The van der Waals surface area contributed by atoms with E-state index in [9.17, 15) is 4.79 Å². The van der Waals surface area contributed by atoms with E-state index in [-0.39, 0.29) is 18.8 Å². The summed E-state index contributed by atoms with van der Waals surface area (Å²) in [5.41, 5.74) is 0.911. The predicted octanol–water partition coefficient (Wildman–Crippen LogP) is 1.06. The number of rotatable bonds is 4. The summed E-state index contributed by atoms with van der Waals surface area (Å²) in [5, 5.41) is 17.3. The smallest absolute Gasteiger partial charge is 0.335 e. The highest BCUT2D eigenvalue weighted by Gasteiger charge is 2.07. The molecule has 0 atom stereocenters. The Hall–Kier alpha value is -1.55. The van der Waals surface area contributed by atoms with Crippen molar-refractivity contribution >= 4 is 5.97 Å². The maximum atomic E-state index is 10.7. The molecule has 0 saturated heterocycles. The molecule has 0 aliphatic rings. The first-order chi connectivity index (χ1) is 6.65. The van der Waals surface area contributed by atoms with Crippen LogP contribution in [0.4, 0.5) is 0 Å². The highest BCUT2D eigenvalue weighted by atomic mass is 16.5. The van der Waals surface area contributed by atoms with E-state index in [1.165, 1.54) is 6.07 Å². The minimum Gasteiger partial charge on any atom is -0.491 e. The number of benzene rings is 1. The summed E-state index contributed by atoms with van der Waals surface area (Å²) in [6.07, 6.45) is 0. The zero-order valence-corrected chi connectivity index (χ0v) is 7.86. The molecule has 0 amide bonds. The Bertz CT molecular complexity index is 333. The van der Waals surface area contributed by atoms with Crippen molar-refractivity contribution in [2.75, 3.05) is 13.2 Å². The van der Waals surface area contributed by atoms with Gasteiger partial charge in [-0.15, -0.1) is 0 Å². The van der Waals surface area contributed by atoms with E-state index in [1.807, 2.05) is 0 Å². The minimum atomic E-state index is -0.948. The Balaban J connectivity index is 2.83. The Labute approximate surface area is 81.8 Å². The van der Waals surface area contributed by atoms with Crippen LogP contribution in [0.1, 0.15) is 15.9 Å². The van der Waals surface area contributed by atoms with Crippen molar-refractivity contribution in [2.24, 2.45) is 0 Å². The summed E-state index contributed by atoms with van der Waals surface area (Å²) in [6.45, 7) is 1.86. The number of ether oxygens (including phenoxy) is 1. The molecule has 1 rings (SSSR count). The van der Waals surface area contributed by atoms with Crippen LogP contribution in [0, 0.1) is 6.92 Å². The van der Waals surface area contributed by atoms with E-state index in [4.69, 9.17) is 14.9 Å². The minimum absolute atomic E-state index is 0.0558. The second kappa shape index (κ2) is 4.62. The van der Waals surface area contributed by atoms with E-state index in [0.717, 1.165) is 0 Å². The Morgan fingerprint density at radius 3 is 2.71 bits per heavy atom. The van der Waals surface area contributed by atoms with Crippen molar-refractivity contribution in [3.63, 3.8) is 0 Å². The molecule has 0 spiro atoms. The van der Waals surface area contributed by atoms with E-state index in [1.54, 1.807) is 19.1 Å². The number of aryl methyl sites for hydroxylation is 1. The maximum Gasteiger partial charge on any atom is 0.335 e. The van der Waals surface area contributed by atoms with Gasteiger partial charge in [0.25, 0.3) is 0 Å². The van der Waals surface area contributed by atoms with Crippen molar-refractivity contribution in [1.29, 1.82) is 0 Å². The molecule has 2 N–H and O–H groups in total. The Morgan fingerprint density at radius 2 is 2.21 bits per heavy atom. The average molecular weight is 196 g/mol. The molecular weight excluding hydrogens is 184 g/mol. The first-order valence-corrected chi connectivity index (χ1v) is 4.22. The van der Waals surface area contributed by atoms with E-state index in [0.29, 0.717) is 11.3 Å². The van der Waals surface area contributed by atoms with Crippen molar-refractivity contribution in [1.82, 2.24) is 0 Å². The maximum absolute atomic E-state index is 10.7. The third kappa shape index (κ3) is 2.47. The van der Waals surface area contributed by atoms with Gasteiger partial charge in [-0.2, -0.15) is 0 Å². The molecule has 0 aliphatic heterocycles. The lowest BCUT2D eigenvalue weighted by Crippen LogP contribution is -2.03. The van der Waals surface area contributed by atoms with Crippen LogP contribution in [-0.2, 0) is 0 Å². The zero-order valence-electron chi connectivity index (χ0n) is 7.86. The highest BCUT2D eigenvalue weighted by Crippen LogP contribution is 2.16. The van der Waals surface area contributed by atoms with Crippen LogP contribution in [0.3, 0.4) is 0 Å². The monoisotopic (exact) mass is 196 g/mol. The summed E-state index contributed by atoms with van der Waals surface area (Å²) in [4.78, 5) is 10.7. The number of aromatic carboxylic acids is 1. The van der Waals surface area contributed by atoms with E-state index >= 15 is 0 Å². The normalized spacial score (nSPS) is 9.86. The van der Waals surface area contributed by atoms with Gasteiger partial charge in [-0.3, -0.25) is 0 Å². The Morgan fingerprint density at radius 1 is 1.50 bits per heavy atom. The molecule has 0 aliphatic carbocycles. The van der Waals surface area contributed by atoms with Gasteiger partial charge in [0.2, 0.25) is 0 Å². The van der Waals surface area contributed by atoms with Gasteiger partial charge in [0, 0.05) is 0 Å². The molecule has 0 fully saturated rings. The number of carboxylic acid groups (broad SMARTS) is 1. The van der Waals surface area contributed by atoms with Gasteiger partial charge in [0.15, 0.2) is 0 Å². The van der Waals surface area contributed by atoms with Gasteiger partial charge in [-0.1, -0.05) is 0 Å². The number of hydrogen-bond donors (Lipinski definition) is 2. The lowest BCUT2D eigenvalue weighted by atomic mass is 10.1. The first-order valence-electron chi connectivity index (χ1n) is 4.22. The van der Waals surface area contributed by atoms with E-state index < -0.39 is 5.97 Å². The first kappa shape index (κ1) is 10.5. The van der Waals surface area contributed by atoms with Gasteiger partial charge < -0.3 is 14.9 Å². The third-order valence-electron chi connectivity index (χ3n) is 1.79. The second-order valence-electron chi connectivity index (χ2n) is 2.85. The lowest BCUT2D eigenvalue weighted by Gasteiger charge is -2.06. The zero-order chi connectivity index (χ0) is 10.6. The number of aliphatic hydroxyl groups excluding tert-OH is 1. The van der Waals surface area contributed by atoms with Crippen LogP contribution in [0.5, 0.6) is 5.75 Å². The summed E-state index contributed by atoms with van der Waals surface area (Å²) in [7, 11) is 0. The Kier molecular flexibility index (Phi) is 3.48. The molecule has 76 valence electrons. The predicted molar refractivity (Wildman–Crippen MR) is 50.7 cm³/mol. The molecule has 0 heterocycles. The largest absolute Gasteiger partial charge is 0.491 e. The van der Waals surface area contributed by atoms with Gasteiger partial charge in [-0.25, -0.2) is 4.79 Å². The standard InChI is InChI=1S/C10H12O4/c1-7-6-8(14-5-4-11)2-3-9(7)10(12)13/h2-3,6,11H,4-5H2,1H3,(H,12,13). The average Bonchev–Trinajstić information content (AvgIpc) is 2.14. The summed E-state index contributed by atoms with van der Waals surface area (Å²) in [5.74, 6) is -0.377. The van der Waals surface area contributed by atoms with Crippen LogP contribution in [0.15, 0.2) is 18.2 Å². The number of carboxylic acids is 1. The van der Waals surface area contributed by atoms with Crippen LogP contribution in [-0.4, -0.2) is 29.4 Å². The number of hydrogen-bond acceptors (Lipinski definition) is 3. The van der Waals surface area contributed by atoms with Crippen molar-refractivity contribution in [3.05, 3.63) is 29.3 Å². The summed E-state index contributed by atoms with van der Waals surface area (Å²) >= 11 is 0. The number of carbonyl (C=O) groups is 1. The SMILES string of the molecule is Cc1cc(OCCO)ccc1C(=O)O. The molecule has 0 unspecified atom stereocenters. The number of aliphatic hydroxyl groups is 1. The van der Waals surface area contributed by atoms with Crippen molar-refractivity contribution in [2.45, 2.75) is 6.92 Å². The molecule has 1 aromatic rings. The van der Waals surface area contributed by atoms with E-state index in [2.05, 4.69) is 0 Å².